The third-order valence-electron chi connectivity index (χ3n) is 3.68. The molecule has 1 saturated heterocycles. The highest BCUT2D eigenvalue weighted by atomic mass is 35.5. The molecule has 2 N–H and O–H groups in total. The molecule has 116 valence electrons. The molecule has 1 aliphatic heterocycles. The molecule has 1 aliphatic rings. The van der Waals surface area contributed by atoms with Crippen LogP contribution in [-0.4, -0.2) is 62.1 Å². The van der Waals surface area contributed by atoms with Gasteiger partial charge in [0.05, 0.1) is 0 Å². The molecule has 1 fully saturated rings. The van der Waals surface area contributed by atoms with Crippen LogP contribution in [0.2, 0.25) is 5.02 Å². The van der Waals surface area contributed by atoms with E-state index in [1.54, 1.807) is 0 Å². The Hall–Kier alpha value is -1.30. The summed E-state index contributed by atoms with van der Waals surface area (Å²) in [5.41, 5.74) is 6.46. The van der Waals surface area contributed by atoms with Crippen molar-refractivity contribution in [1.82, 2.24) is 9.80 Å². The molecule has 0 aliphatic carbocycles. The molecule has 6 heteroatoms. The molecule has 0 radical (unpaired) electrons. The number of likely N-dealkylation sites (N-methyl/N-ethyl adjacent to an activating group) is 1. The van der Waals surface area contributed by atoms with E-state index in [0.717, 1.165) is 31.7 Å². The lowest BCUT2D eigenvalue weighted by atomic mass is 10.1. The summed E-state index contributed by atoms with van der Waals surface area (Å²) in [6.45, 7) is 3.85. The Morgan fingerprint density at radius 1 is 1.33 bits per heavy atom. The minimum Gasteiger partial charge on any atom is -0.483 e. The lowest BCUT2D eigenvalue weighted by Gasteiger charge is -2.32. The zero-order valence-electron chi connectivity index (χ0n) is 12.3. The summed E-state index contributed by atoms with van der Waals surface area (Å²) >= 11 is 6.15. The van der Waals surface area contributed by atoms with E-state index in [-0.39, 0.29) is 12.5 Å². The van der Waals surface area contributed by atoms with E-state index in [9.17, 15) is 4.79 Å². The predicted octanol–water partition coefficient (Wildman–Crippen LogP) is 0.994. The number of hydrogen-bond donors (Lipinski definition) is 1. The van der Waals surface area contributed by atoms with Crippen LogP contribution in [0.5, 0.6) is 5.75 Å². The number of halogens is 1. The first-order valence-electron chi connectivity index (χ1n) is 7.18. The van der Waals surface area contributed by atoms with Crippen LogP contribution >= 0.6 is 11.6 Å². The molecule has 2 rings (SSSR count). The maximum Gasteiger partial charge on any atom is 0.260 e. The predicted molar refractivity (Wildman–Crippen MR) is 83.8 cm³/mol. The number of hydrogen-bond acceptors (Lipinski definition) is 4. The number of carbonyl (C=O) groups is 1. The molecule has 1 heterocycles. The fraction of sp³-hybridized carbons (Fsp3) is 0.533. The smallest absolute Gasteiger partial charge is 0.260 e. The van der Waals surface area contributed by atoms with Gasteiger partial charge in [0, 0.05) is 36.8 Å². The number of piperazine rings is 1. The Balaban J connectivity index is 1.93. The van der Waals surface area contributed by atoms with Gasteiger partial charge in [-0.3, -0.25) is 4.79 Å². The van der Waals surface area contributed by atoms with Crippen LogP contribution in [0.3, 0.4) is 0 Å². The van der Waals surface area contributed by atoms with Gasteiger partial charge in [0.15, 0.2) is 6.61 Å². The topological polar surface area (TPSA) is 58.8 Å². The quantitative estimate of drug-likeness (QED) is 0.881. The molecule has 0 unspecified atom stereocenters. The Kier molecular flexibility index (Phi) is 5.85. The lowest BCUT2D eigenvalue weighted by Crippen LogP contribution is -2.48. The van der Waals surface area contributed by atoms with Crippen LogP contribution in [0.1, 0.15) is 5.56 Å². The van der Waals surface area contributed by atoms with Crippen molar-refractivity contribution in [2.75, 3.05) is 46.4 Å². The third kappa shape index (κ3) is 4.33. The molecule has 0 saturated carbocycles. The average Bonchev–Trinajstić information content (AvgIpc) is 2.48. The number of nitrogens with two attached hydrogens (primary N) is 1. The molecule has 1 amide bonds. The first-order valence-corrected chi connectivity index (χ1v) is 7.56. The first kappa shape index (κ1) is 16.1. The summed E-state index contributed by atoms with van der Waals surface area (Å²) in [7, 11) is 2.06. The largest absolute Gasteiger partial charge is 0.483 e. The third-order valence-corrected chi connectivity index (χ3v) is 4.03. The minimum absolute atomic E-state index is 0.0155. The van der Waals surface area contributed by atoms with Crippen LogP contribution in [0.4, 0.5) is 0 Å². The summed E-state index contributed by atoms with van der Waals surface area (Å²) in [4.78, 5) is 16.2. The normalized spacial score (nSPS) is 16.0. The van der Waals surface area contributed by atoms with E-state index < -0.39 is 0 Å². The second-order valence-electron chi connectivity index (χ2n) is 5.23. The van der Waals surface area contributed by atoms with Crippen LogP contribution in [0.15, 0.2) is 18.2 Å². The van der Waals surface area contributed by atoms with Gasteiger partial charge in [0.25, 0.3) is 5.91 Å². The van der Waals surface area contributed by atoms with Crippen LogP contribution in [-0.2, 0) is 11.2 Å². The highest BCUT2D eigenvalue weighted by Crippen LogP contribution is 2.26. The van der Waals surface area contributed by atoms with Gasteiger partial charge in [-0.15, -0.1) is 0 Å². The van der Waals surface area contributed by atoms with E-state index in [0.29, 0.717) is 23.7 Å². The van der Waals surface area contributed by atoms with Crippen molar-refractivity contribution < 1.29 is 9.53 Å². The van der Waals surface area contributed by atoms with Crippen molar-refractivity contribution in [3.63, 3.8) is 0 Å². The molecule has 21 heavy (non-hydrogen) atoms. The Labute approximate surface area is 130 Å². The van der Waals surface area contributed by atoms with Crippen LogP contribution in [0, 0.1) is 0 Å². The number of rotatable bonds is 5. The van der Waals surface area contributed by atoms with Crippen molar-refractivity contribution >= 4 is 17.5 Å². The molecular weight excluding hydrogens is 290 g/mol. The number of amides is 1. The van der Waals surface area contributed by atoms with E-state index >= 15 is 0 Å². The summed E-state index contributed by atoms with van der Waals surface area (Å²) in [5.74, 6) is 0.664. The Morgan fingerprint density at radius 3 is 2.71 bits per heavy atom. The van der Waals surface area contributed by atoms with E-state index in [2.05, 4.69) is 11.9 Å². The van der Waals surface area contributed by atoms with Gasteiger partial charge < -0.3 is 20.3 Å². The minimum atomic E-state index is 0.0155. The van der Waals surface area contributed by atoms with E-state index in [1.807, 2.05) is 23.1 Å². The molecule has 0 spiro atoms. The SMILES string of the molecule is CN1CCN(C(=O)COc2cccc(Cl)c2CCN)CC1. The van der Waals surface area contributed by atoms with Crippen molar-refractivity contribution in [2.45, 2.75) is 6.42 Å². The molecule has 1 aromatic carbocycles. The summed E-state index contributed by atoms with van der Waals surface area (Å²) < 4.78 is 5.67. The van der Waals surface area contributed by atoms with Gasteiger partial charge in [-0.05, 0) is 32.1 Å². The van der Waals surface area contributed by atoms with Gasteiger partial charge in [0.2, 0.25) is 0 Å². The van der Waals surface area contributed by atoms with Gasteiger partial charge in [-0.25, -0.2) is 0 Å². The van der Waals surface area contributed by atoms with Crippen LogP contribution < -0.4 is 10.5 Å². The number of benzene rings is 1. The maximum absolute atomic E-state index is 12.2. The summed E-state index contributed by atoms with van der Waals surface area (Å²) in [6.07, 6.45) is 0.637. The van der Waals surface area contributed by atoms with E-state index in [4.69, 9.17) is 22.1 Å². The fourth-order valence-electron chi connectivity index (χ4n) is 2.35. The summed E-state index contributed by atoms with van der Waals surface area (Å²) in [6, 6.07) is 5.45. The van der Waals surface area contributed by atoms with Gasteiger partial charge in [-0.2, -0.15) is 0 Å². The number of carbonyl (C=O) groups excluding carboxylic acids is 1. The second-order valence-corrected chi connectivity index (χ2v) is 5.64. The monoisotopic (exact) mass is 311 g/mol. The summed E-state index contributed by atoms with van der Waals surface area (Å²) in [5, 5.41) is 0.630. The average molecular weight is 312 g/mol. The fourth-order valence-corrected chi connectivity index (χ4v) is 2.61. The Bertz CT molecular complexity index is 488. The van der Waals surface area contributed by atoms with Crippen LogP contribution in [0.25, 0.3) is 0 Å². The molecular formula is C15H22ClN3O2. The number of ether oxygens (including phenoxy) is 1. The zero-order valence-corrected chi connectivity index (χ0v) is 13.1. The molecule has 5 nitrogen and oxygen atoms in total. The van der Waals surface area contributed by atoms with Crippen molar-refractivity contribution in [1.29, 1.82) is 0 Å². The highest BCUT2D eigenvalue weighted by molar-refractivity contribution is 6.31. The van der Waals surface area contributed by atoms with Gasteiger partial charge in [0.1, 0.15) is 5.75 Å². The standard InChI is InChI=1S/C15H22ClN3O2/c1-18-7-9-19(10-8-18)15(20)11-21-14-4-2-3-13(16)12(14)5-6-17/h2-4H,5-11,17H2,1H3. The van der Waals surface area contributed by atoms with Crippen molar-refractivity contribution in [3.8, 4) is 5.75 Å². The lowest BCUT2D eigenvalue weighted by molar-refractivity contribution is -0.134. The molecule has 0 aromatic heterocycles. The highest BCUT2D eigenvalue weighted by Gasteiger charge is 2.19. The van der Waals surface area contributed by atoms with Gasteiger partial charge >= 0.3 is 0 Å². The number of nitrogens with zero attached hydrogens (tertiary/aromatic N) is 2. The maximum atomic E-state index is 12.2. The van der Waals surface area contributed by atoms with Crippen molar-refractivity contribution in [2.24, 2.45) is 5.73 Å². The zero-order chi connectivity index (χ0) is 15.2. The molecule has 0 atom stereocenters. The van der Waals surface area contributed by atoms with Crippen molar-refractivity contribution in [3.05, 3.63) is 28.8 Å². The van der Waals surface area contributed by atoms with Gasteiger partial charge in [-0.1, -0.05) is 17.7 Å². The molecule has 0 bridgehead atoms. The Morgan fingerprint density at radius 2 is 2.05 bits per heavy atom. The second kappa shape index (κ2) is 7.64. The first-order chi connectivity index (χ1) is 10.1. The van der Waals surface area contributed by atoms with E-state index in [1.165, 1.54) is 0 Å². The molecule has 1 aromatic rings.